The van der Waals surface area contributed by atoms with Crippen LogP contribution in [0.25, 0.3) is 0 Å². The molecule has 0 bridgehead atoms. The monoisotopic (exact) mass is 333 g/mol. The molecule has 2 amide bonds. The fourth-order valence-corrected chi connectivity index (χ4v) is 2.27. The van der Waals surface area contributed by atoms with Gasteiger partial charge in [0.1, 0.15) is 11.5 Å². The minimum atomic E-state index is -0.276. The van der Waals surface area contributed by atoms with Gasteiger partial charge in [-0.05, 0) is 32.0 Å². The average Bonchev–Trinajstić information content (AvgIpc) is 2.98. The zero-order valence-electron chi connectivity index (χ0n) is 14.2. The van der Waals surface area contributed by atoms with Crippen LogP contribution in [0.5, 0.6) is 0 Å². The predicted molar refractivity (Wildman–Crippen MR) is 91.1 cm³/mol. The number of hydrogen-bond donors (Lipinski definition) is 1. The molecule has 2 heterocycles. The smallest absolute Gasteiger partial charge is 0.322 e. The standard InChI is InChI=1S/C17H23N3O4/c1-4-19-11-14(6-8-16(19)21)18-17(22)20(9-10-23-3)12-15-7-5-13(2)24-15/h5-8,11H,4,9-10,12H2,1-3H3,(H,18,22). The Morgan fingerprint density at radius 1 is 1.33 bits per heavy atom. The molecular weight excluding hydrogens is 310 g/mol. The van der Waals surface area contributed by atoms with Crippen molar-refractivity contribution in [2.75, 3.05) is 25.6 Å². The van der Waals surface area contributed by atoms with Crippen molar-refractivity contribution < 1.29 is 13.9 Å². The molecule has 24 heavy (non-hydrogen) atoms. The average molecular weight is 333 g/mol. The highest BCUT2D eigenvalue weighted by Crippen LogP contribution is 2.12. The summed E-state index contributed by atoms with van der Waals surface area (Å²) in [7, 11) is 1.59. The van der Waals surface area contributed by atoms with Gasteiger partial charge in [-0.25, -0.2) is 4.79 Å². The van der Waals surface area contributed by atoms with Crippen molar-refractivity contribution in [1.82, 2.24) is 9.47 Å². The molecule has 7 heteroatoms. The van der Waals surface area contributed by atoms with Crippen LogP contribution in [0.4, 0.5) is 10.5 Å². The number of aromatic nitrogens is 1. The first-order valence-corrected chi connectivity index (χ1v) is 7.84. The Bertz CT molecular complexity index is 735. The van der Waals surface area contributed by atoms with Gasteiger partial charge in [0, 0.05) is 32.5 Å². The van der Waals surface area contributed by atoms with E-state index in [4.69, 9.17) is 9.15 Å². The summed E-state index contributed by atoms with van der Waals surface area (Å²) in [6.45, 7) is 5.46. The molecule has 0 saturated heterocycles. The number of carbonyl (C=O) groups is 1. The lowest BCUT2D eigenvalue weighted by atomic mass is 10.3. The van der Waals surface area contributed by atoms with E-state index in [-0.39, 0.29) is 11.6 Å². The van der Waals surface area contributed by atoms with E-state index >= 15 is 0 Å². The Labute approximate surface area is 140 Å². The van der Waals surface area contributed by atoms with Crippen molar-refractivity contribution in [2.24, 2.45) is 0 Å². The third-order valence-corrected chi connectivity index (χ3v) is 3.57. The third-order valence-electron chi connectivity index (χ3n) is 3.57. The number of methoxy groups -OCH3 is 1. The van der Waals surface area contributed by atoms with Gasteiger partial charge in [0.15, 0.2) is 0 Å². The third kappa shape index (κ3) is 4.73. The maximum Gasteiger partial charge on any atom is 0.322 e. The summed E-state index contributed by atoms with van der Waals surface area (Å²) in [5.41, 5.74) is 0.470. The van der Waals surface area contributed by atoms with E-state index in [0.29, 0.717) is 37.7 Å². The maximum atomic E-state index is 12.5. The normalized spacial score (nSPS) is 10.6. The summed E-state index contributed by atoms with van der Waals surface area (Å²) in [5.74, 6) is 1.50. The van der Waals surface area contributed by atoms with Gasteiger partial charge in [-0.15, -0.1) is 0 Å². The molecule has 0 spiro atoms. The molecule has 0 saturated carbocycles. The molecule has 0 aliphatic rings. The Hall–Kier alpha value is -2.54. The molecule has 2 aromatic rings. The number of aryl methyl sites for hydroxylation is 2. The zero-order chi connectivity index (χ0) is 17.5. The van der Waals surface area contributed by atoms with E-state index in [0.717, 1.165) is 5.76 Å². The largest absolute Gasteiger partial charge is 0.464 e. The summed E-state index contributed by atoms with van der Waals surface area (Å²) < 4.78 is 12.1. The van der Waals surface area contributed by atoms with E-state index in [9.17, 15) is 9.59 Å². The van der Waals surface area contributed by atoms with Gasteiger partial charge in [-0.3, -0.25) is 4.79 Å². The van der Waals surface area contributed by atoms with Crippen LogP contribution < -0.4 is 10.9 Å². The number of nitrogens with zero attached hydrogens (tertiary/aromatic N) is 2. The number of anilines is 1. The van der Waals surface area contributed by atoms with Crippen LogP contribution in [0.1, 0.15) is 18.4 Å². The summed E-state index contributed by atoms with van der Waals surface area (Å²) in [5, 5.41) is 2.81. The van der Waals surface area contributed by atoms with Crippen LogP contribution in [0.3, 0.4) is 0 Å². The second-order valence-corrected chi connectivity index (χ2v) is 5.40. The number of ether oxygens (including phenoxy) is 1. The summed E-state index contributed by atoms with van der Waals surface area (Å²) in [6, 6.07) is 6.47. The van der Waals surface area contributed by atoms with E-state index < -0.39 is 0 Å². The molecule has 1 N–H and O–H groups in total. The van der Waals surface area contributed by atoms with Crippen LogP contribution in [-0.2, 0) is 17.8 Å². The zero-order valence-corrected chi connectivity index (χ0v) is 14.2. The number of pyridine rings is 1. The molecular formula is C17H23N3O4. The van der Waals surface area contributed by atoms with Gasteiger partial charge in [0.2, 0.25) is 0 Å². The van der Waals surface area contributed by atoms with Crippen molar-refractivity contribution >= 4 is 11.7 Å². The predicted octanol–water partition coefficient (Wildman–Crippen LogP) is 2.45. The lowest BCUT2D eigenvalue weighted by molar-refractivity contribution is 0.149. The van der Waals surface area contributed by atoms with Gasteiger partial charge in [-0.1, -0.05) is 0 Å². The molecule has 0 fully saturated rings. The van der Waals surface area contributed by atoms with Crippen LogP contribution in [0.2, 0.25) is 0 Å². The number of amides is 2. The van der Waals surface area contributed by atoms with Gasteiger partial charge < -0.3 is 23.9 Å². The fraction of sp³-hybridized carbons (Fsp3) is 0.412. The van der Waals surface area contributed by atoms with E-state index in [1.54, 1.807) is 24.3 Å². The molecule has 0 aromatic carbocycles. The Morgan fingerprint density at radius 2 is 2.12 bits per heavy atom. The van der Waals surface area contributed by atoms with E-state index in [1.165, 1.54) is 10.6 Å². The van der Waals surface area contributed by atoms with Crippen molar-refractivity contribution in [1.29, 1.82) is 0 Å². The first kappa shape index (κ1) is 17.8. The lowest BCUT2D eigenvalue weighted by Crippen LogP contribution is -2.37. The van der Waals surface area contributed by atoms with Gasteiger partial charge >= 0.3 is 6.03 Å². The van der Waals surface area contributed by atoms with E-state index in [1.807, 2.05) is 26.0 Å². The molecule has 130 valence electrons. The topological polar surface area (TPSA) is 76.7 Å². The number of rotatable bonds is 7. The maximum absolute atomic E-state index is 12.5. The molecule has 2 rings (SSSR count). The molecule has 2 aromatic heterocycles. The summed E-state index contributed by atoms with van der Waals surface area (Å²) in [4.78, 5) is 25.8. The fourth-order valence-electron chi connectivity index (χ4n) is 2.27. The van der Waals surface area contributed by atoms with Crippen molar-refractivity contribution in [2.45, 2.75) is 26.9 Å². The Morgan fingerprint density at radius 3 is 2.75 bits per heavy atom. The molecule has 0 atom stereocenters. The lowest BCUT2D eigenvalue weighted by Gasteiger charge is -2.22. The number of furan rings is 1. The highest BCUT2D eigenvalue weighted by molar-refractivity contribution is 5.89. The van der Waals surface area contributed by atoms with E-state index in [2.05, 4.69) is 5.32 Å². The van der Waals surface area contributed by atoms with Gasteiger partial charge in [-0.2, -0.15) is 0 Å². The molecule has 0 radical (unpaired) electrons. The van der Waals surface area contributed by atoms with Gasteiger partial charge in [0.25, 0.3) is 5.56 Å². The van der Waals surface area contributed by atoms with Crippen LogP contribution in [0.15, 0.2) is 39.7 Å². The molecule has 0 aliphatic carbocycles. The van der Waals surface area contributed by atoms with Gasteiger partial charge in [0.05, 0.1) is 18.8 Å². The highest BCUT2D eigenvalue weighted by atomic mass is 16.5. The second kappa shape index (κ2) is 8.35. The number of carbonyl (C=O) groups excluding carboxylic acids is 1. The molecule has 0 aliphatic heterocycles. The first-order valence-electron chi connectivity index (χ1n) is 7.84. The summed E-state index contributed by atoms with van der Waals surface area (Å²) in [6.07, 6.45) is 1.63. The molecule has 7 nitrogen and oxygen atoms in total. The minimum Gasteiger partial charge on any atom is -0.464 e. The highest BCUT2D eigenvalue weighted by Gasteiger charge is 2.16. The minimum absolute atomic E-state index is 0.0993. The van der Waals surface area contributed by atoms with Crippen molar-refractivity contribution in [3.63, 3.8) is 0 Å². The number of hydrogen-bond acceptors (Lipinski definition) is 4. The first-order chi connectivity index (χ1) is 11.5. The van der Waals surface area contributed by atoms with Crippen molar-refractivity contribution in [3.8, 4) is 0 Å². The van der Waals surface area contributed by atoms with Crippen LogP contribution in [0, 0.1) is 6.92 Å². The number of nitrogens with one attached hydrogen (secondary N) is 1. The van der Waals surface area contributed by atoms with Crippen molar-refractivity contribution in [3.05, 3.63) is 52.3 Å². The molecule has 0 unspecified atom stereocenters. The summed E-state index contributed by atoms with van der Waals surface area (Å²) >= 11 is 0. The number of urea groups is 1. The quantitative estimate of drug-likeness (QED) is 0.844. The van der Waals surface area contributed by atoms with Crippen LogP contribution >= 0.6 is 0 Å². The Balaban J connectivity index is 2.10. The second-order valence-electron chi connectivity index (χ2n) is 5.40. The SMILES string of the molecule is CCn1cc(NC(=O)N(CCOC)Cc2ccc(C)o2)ccc1=O. The Kier molecular flexibility index (Phi) is 6.20. The van der Waals surface area contributed by atoms with Crippen LogP contribution in [-0.4, -0.2) is 35.8 Å².